The molecule has 0 radical (unpaired) electrons. The Kier molecular flexibility index (Phi) is 5.54. The first kappa shape index (κ1) is 17.5. The van der Waals surface area contributed by atoms with Crippen LogP contribution in [0.15, 0.2) is 84.4 Å². The highest BCUT2D eigenvalue weighted by Crippen LogP contribution is 2.21. The van der Waals surface area contributed by atoms with E-state index in [0.29, 0.717) is 6.54 Å². The van der Waals surface area contributed by atoms with Crippen molar-refractivity contribution in [1.82, 2.24) is 4.90 Å². The number of nitrogens with zero attached hydrogens (tertiary/aromatic N) is 2. The van der Waals surface area contributed by atoms with E-state index in [1.165, 1.54) is 10.8 Å². The predicted molar refractivity (Wildman–Crippen MR) is 110 cm³/mol. The van der Waals surface area contributed by atoms with Crippen LogP contribution in [-0.4, -0.2) is 31.6 Å². The van der Waals surface area contributed by atoms with Crippen molar-refractivity contribution in [2.45, 2.75) is 0 Å². The number of nitrogens with one attached hydrogen (secondary N) is 1. The average molecular weight is 345 g/mol. The first-order valence-electron chi connectivity index (χ1n) is 8.50. The zero-order valence-electron chi connectivity index (χ0n) is 15.1. The third-order valence-electron chi connectivity index (χ3n) is 4.08. The van der Waals surface area contributed by atoms with Crippen LogP contribution >= 0.6 is 0 Å². The predicted octanol–water partition coefficient (Wildman–Crippen LogP) is 5.07. The number of rotatable bonds is 5. The number of likely N-dealkylation sites (N-methyl/N-ethyl adjacent to an activating group) is 1. The minimum absolute atomic E-state index is 0.690. The molecule has 0 spiro atoms. The van der Waals surface area contributed by atoms with Crippen molar-refractivity contribution in [1.29, 1.82) is 0 Å². The molecule has 0 atom stereocenters. The fourth-order valence-corrected chi connectivity index (χ4v) is 2.66. The fourth-order valence-electron chi connectivity index (χ4n) is 2.66. The van der Waals surface area contributed by atoms with E-state index in [-0.39, 0.29) is 0 Å². The van der Waals surface area contributed by atoms with Crippen LogP contribution in [0.4, 0.5) is 11.4 Å². The number of hydrogen-bond acceptors (Lipinski definition) is 2. The second-order valence-electron chi connectivity index (χ2n) is 5.99. The Morgan fingerprint density at radius 1 is 1.08 bits per heavy atom. The molecule has 0 heterocycles. The van der Waals surface area contributed by atoms with Gasteiger partial charge in [0.25, 0.3) is 0 Å². The van der Waals surface area contributed by atoms with Gasteiger partial charge in [0.05, 0.1) is 12.8 Å². The maximum atomic E-state index is 5.21. The van der Waals surface area contributed by atoms with Crippen molar-refractivity contribution in [2.75, 3.05) is 26.0 Å². The van der Waals surface area contributed by atoms with Gasteiger partial charge in [-0.15, -0.1) is 6.58 Å². The van der Waals surface area contributed by atoms with E-state index in [9.17, 15) is 0 Å². The molecule has 4 nitrogen and oxygen atoms in total. The summed E-state index contributed by atoms with van der Waals surface area (Å²) in [5.74, 6) is 1.57. The van der Waals surface area contributed by atoms with Gasteiger partial charge in [0.1, 0.15) is 5.75 Å². The molecule has 3 rings (SSSR count). The molecular formula is C22H23N3O. The monoisotopic (exact) mass is 345 g/mol. The first-order valence-corrected chi connectivity index (χ1v) is 8.50. The molecule has 132 valence electrons. The summed E-state index contributed by atoms with van der Waals surface area (Å²) >= 11 is 0. The number of fused-ring (bicyclic) bond motifs is 1. The molecule has 0 aliphatic carbocycles. The summed E-state index contributed by atoms with van der Waals surface area (Å²) in [6.07, 6.45) is 1.85. The average Bonchev–Trinajstić information content (AvgIpc) is 2.68. The molecule has 3 aromatic rings. The van der Waals surface area contributed by atoms with Gasteiger partial charge in [-0.2, -0.15) is 0 Å². The van der Waals surface area contributed by atoms with E-state index in [0.717, 1.165) is 23.1 Å². The van der Waals surface area contributed by atoms with Crippen molar-refractivity contribution in [3.05, 3.63) is 79.4 Å². The van der Waals surface area contributed by atoms with Gasteiger partial charge < -0.3 is 15.0 Å². The fraction of sp³-hybridized carbons (Fsp3) is 0.136. The van der Waals surface area contributed by atoms with E-state index in [4.69, 9.17) is 9.73 Å². The van der Waals surface area contributed by atoms with Crippen LogP contribution < -0.4 is 10.1 Å². The van der Waals surface area contributed by atoms with Crippen LogP contribution in [0.3, 0.4) is 0 Å². The third kappa shape index (κ3) is 4.22. The molecule has 3 aromatic carbocycles. The van der Waals surface area contributed by atoms with Crippen LogP contribution in [-0.2, 0) is 0 Å². The summed E-state index contributed by atoms with van der Waals surface area (Å²) < 4.78 is 5.21. The van der Waals surface area contributed by atoms with E-state index in [2.05, 4.69) is 42.2 Å². The minimum atomic E-state index is 0.690. The van der Waals surface area contributed by atoms with Gasteiger partial charge in [-0.05, 0) is 47.2 Å². The lowest BCUT2D eigenvalue weighted by molar-refractivity contribution is 0.415. The van der Waals surface area contributed by atoms with E-state index in [1.807, 2.05) is 54.4 Å². The maximum Gasteiger partial charge on any atom is 0.203 e. The molecule has 0 aliphatic rings. The van der Waals surface area contributed by atoms with Crippen LogP contribution in [0, 0.1) is 0 Å². The molecular weight excluding hydrogens is 322 g/mol. The number of hydrogen-bond donors (Lipinski definition) is 1. The van der Waals surface area contributed by atoms with Gasteiger partial charge in [-0.25, -0.2) is 4.99 Å². The number of anilines is 1. The van der Waals surface area contributed by atoms with Gasteiger partial charge in [0.15, 0.2) is 0 Å². The van der Waals surface area contributed by atoms with Crippen LogP contribution in [0.25, 0.3) is 10.8 Å². The van der Waals surface area contributed by atoms with Gasteiger partial charge in [-0.1, -0.05) is 36.4 Å². The SMILES string of the molecule is C=CCN(C)C(=Nc1ccc(OC)cc1)Nc1ccc2ccccc2c1. The molecule has 0 aromatic heterocycles. The molecule has 0 fully saturated rings. The molecule has 26 heavy (non-hydrogen) atoms. The quantitative estimate of drug-likeness (QED) is 0.399. The lowest BCUT2D eigenvalue weighted by atomic mass is 10.1. The molecule has 0 saturated carbocycles. The number of methoxy groups -OCH3 is 1. The highest BCUT2D eigenvalue weighted by molar-refractivity contribution is 5.97. The first-order chi connectivity index (χ1) is 12.7. The highest BCUT2D eigenvalue weighted by atomic mass is 16.5. The smallest absolute Gasteiger partial charge is 0.203 e. The van der Waals surface area contributed by atoms with Crippen LogP contribution in [0.5, 0.6) is 5.75 Å². The highest BCUT2D eigenvalue weighted by Gasteiger charge is 2.07. The number of guanidine groups is 1. The zero-order chi connectivity index (χ0) is 18.4. The Morgan fingerprint density at radius 3 is 2.50 bits per heavy atom. The number of ether oxygens (including phenoxy) is 1. The summed E-state index contributed by atoms with van der Waals surface area (Å²) in [7, 11) is 3.64. The van der Waals surface area contributed by atoms with Crippen molar-refractivity contribution in [3.8, 4) is 5.75 Å². The van der Waals surface area contributed by atoms with Gasteiger partial charge in [-0.3, -0.25) is 0 Å². The van der Waals surface area contributed by atoms with Crippen molar-refractivity contribution in [3.63, 3.8) is 0 Å². The van der Waals surface area contributed by atoms with Gasteiger partial charge in [0, 0.05) is 19.3 Å². The topological polar surface area (TPSA) is 36.9 Å². The second kappa shape index (κ2) is 8.21. The summed E-state index contributed by atoms with van der Waals surface area (Å²) in [6.45, 7) is 4.51. The second-order valence-corrected chi connectivity index (χ2v) is 5.99. The molecule has 0 aliphatic heterocycles. The van der Waals surface area contributed by atoms with Crippen LogP contribution in [0.1, 0.15) is 0 Å². The Hall–Kier alpha value is -3.27. The Bertz CT molecular complexity index is 916. The number of aliphatic imine (C=N–C) groups is 1. The third-order valence-corrected chi connectivity index (χ3v) is 4.08. The summed E-state index contributed by atoms with van der Waals surface area (Å²) in [5, 5.41) is 5.83. The van der Waals surface area contributed by atoms with E-state index >= 15 is 0 Å². The Labute approximate surface area is 154 Å². The van der Waals surface area contributed by atoms with E-state index in [1.54, 1.807) is 7.11 Å². The standard InChI is InChI=1S/C22H23N3O/c1-4-15-25(2)22(23-19-11-13-21(26-3)14-12-19)24-20-10-9-17-7-5-6-8-18(17)16-20/h4-14,16H,1,15H2,2-3H3,(H,23,24). The molecule has 0 amide bonds. The lowest BCUT2D eigenvalue weighted by Crippen LogP contribution is -2.33. The minimum Gasteiger partial charge on any atom is -0.497 e. The molecule has 0 unspecified atom stereocenters. The Balaban J connectivity index is 1.91. The van der Waals surface area contributed by atoms with Gasteiger partial charge >= 0.3 is 0 Å². The molecule has 0 saturated heterocycles. The summed E-state index contributed by atoms with van der Waals surface area (Å²) in [5.41, 5.74) is 1.84. The van der Waals surface area contributed by atoms with Crippen molar-refractivity contribution < 1.29 is 4.74 Å². The van der Waals surface area contributed by atoms with Crippen molar-refractivity contribution in [2.24, 2.45) is 4.99 Å². The largest absolute Gasteiger partial charge is 0.497 e. The molecule has 0 bridgehead atoms. The normalized spacial score (nSPS) is 11.2. The number of benzene rings is 3. The maximum absolute atomic E-state index is 5.21. The van der Waals surface area contributed by atoms with Crippen molar-refractivity contribution >= 4 is 28.1 Å². The molecule has 4 heteroatoms. The summed E-state index contributed by atoms with van der Waals surface area (Å²) in [6, 6.07) is 22.3. The van der Waals surface area contributed by atoms with Gasteiger partial charge in [0.2, 0.25) is 5.96 Å². The Morgan fingerprint density at radius 2 is 1.81 bits per heavy atom. The van der Waals surface area contributed by atoms with Crippen LogP contribution in [0.2, 0.25) is 0 Å². The summed E-state index contributed by atoms with van der Waals surface area (Å²) in [4.78, 5) is 6.78. The lowest BCUT2D eigenvalue weighted by Gasteiger charge is -2.21. The molecule has 1 N–H and O–H groups in total. The zero-order valence-corrected chi connectivity index (χ0v) is 15.1. The van der Waals surface area contributed by atoms with E-state index < -0.39 is 0 Å².